The van der Waals surface area contributed by atoms with Crippen LogP contribution in [0.4, 0.5) is 0 Å². The van der Waals surface area contributed by atoms with Gasteiger partial charge in [-0.05, 0) is 40.6 Å². The summed E-state index contributed by atoms with van der Waals surface area (Å²) in [5.41, 5.74) is 0.969. The smallest absolute Gasteiger partial charge is 0.335 e. The molecule has 1 aromatic rings. The number of carboxylic acids is 1. The van der Waals surface area contributed by atoms with Gasteiger partial charge in [0.05, 0.1) is 30.5 Å². The van der Waals surface area contributed by atoms with E-state index in [9.17, 15) is 9.90 Å². The van der Waals surface area contributed by atoms with Crippen molar-refractivity contribution in [2.24, 2.45) is 0 Å². The molecule has 0 spiro atoms. The Morgan fingerprint density at radius 1 is 1.04 bits per heavy atom. The Labute approximate surface area is 150 Å². The summed E-state index contributed by atoms with van der Waals surface area (Å²) in [5.74, 6) is 0.643. The fraction of sp³-hybridized carbons (Fsp3) is 0.353. The van der Waals surface area contributed by atoms with Gasteiger partial charge in [0.1, 0.15) is 5.75 Å². The van der Waals surface area contributed by atoms with Crippen LogP contribution in [0.1, 0.15) is 35.7 Å². The highest BCUT2D eigenvalue weighted by atomic mass is 127. The summed E-state index contributed by atoms with van der Waals surface area (Å²) in [7, 11) is 4.62. The Morgan fingerprint density at radius 2 is 1.65 bits per heavy atom. The van der Waals surface area contributed by atoms with Gasteiger partial charge in [-0.2, -0.15) is 0 Å². The van der Waals surface area contributed by atoms with E-state index >= 15 is 0 Å². The summed E-state index contributed by atoms with van der Waals surface area (Å²) in [6, 6.07) is 6.52. The van der Waals surface area contributed by atoms with Crippen molar-refractivity contribution in [1.29, 1.82) is 0 Å². The number of hydrogen-bond acceptors (Lipinski definition) is 4. The van der Waals surface area contributed by atoms with Crippen LogP contribution in [0.25, 0.3) is 0 Å². The molecule has 0 aliphatic carbocycles. The predicted molar refractivity (Wildman–Crippen MR) is 97.5 cm³/mol. The van der Waals surface area contributed by atoms with Crippen molar-refractivity contribution in [3.05, 3.63) is 39.0 Å². The lowest BCUT2D eigenvalue weighted by atomic mass is 10.0. The number of hydrogen-bond donors (Lipinski definition) is 1. The Morgan fingerprint density at radius 3 is 2.09 bits per heavy atom. The first-order valence-corrected chi connectivity index (χ1v) is 8.04. The van der Waals surface area contributed by atoms with Gasteiger partial charge in [0, 0.05) is 11.6 Å². The maximum absolute atomic E-state index is 11.4. The molecule has 23 heavy (non-hydrogen) atoms. The lowest BCUT2D eigenvalue weighted by molar-refractivity contribution is 0.0696. The van der Waals surface area contributed by atoms with Crippen molar-refractivity contribution in [3.63, 3.8) is 0 Å². The van der Waals surface area contributed by atoms with Gasteiger partial charge in [-0.3, -0.25) is 0 Å². The zero-order valence-corrected chi connectivity index (χ0v) is 16.0. The van der Waals surface area contributed by atoms with Crippen LogP contribution in [0, 0.1) is 3.57 Å². The second-order valence-electron chi connectivity index (χ2n) is 5.01. The van der Waals surface area contributed by atoms with Crippen LogP contribution in [0.3, 0.4) is 0 Å². The van der Waals surface area contributed by atoms with Crippen LogP contribution in [-0.4, -0.2) is 32.4 Å². The van der Waals surface area contributed by atoms with E-state index < -0.39 is 5.97 Å². The summed E-state index contributed by atoms with van der Waals surface area (Å²) in [6.45, 7) is 4.01. The van der Waals surface area contributed by atoms with Crippen LogP contribution < -0.4 is 14.2 Å². The molecule has 1 aromatic carbocycles. The van der Waals surface area contributed by atoms with Crippen molar-refractivity contribution in [1.82, 2.24) is 0 Å². The van der Waals surface area contributed by atoms with Gasteiger partial charge in [-0.15, -0.1) is 0 Å². The van der Waals surface area contributed by atoms with E-state index in [4.69, 9.17) is 14.2 Å². The number of carbonyl (C=O) groups is 1. The molecule has 1 N–H and O–H groups in total. The monoisotopic (exact) mass is 432 g/mol. The number of methoxy groups -OCH3 is 3. The van der Waals surface area contributed by atoms with E-state index in [1.807, 2.05) is 13.8 Å². The molecule has 6 heteroatoms. The molecule has 0 aliphatic rings. The summed E-state index contributed by atoms with van der Waals surface area (Å²) in [6.07, 6.45) is 0. The summed E-state index contributed by atoms with van der Waals surface area (Å²) < 4.78 is 17.0. The van der Waals surface area contributed by atoms with E-state index in [2.05, 4.69) is 22.6 Å². The quantitative estimate of drug-likeness (QED) is 0.705. The molecule has 0 aliphatic heterocycles. The molecule has 0 heterocycles. The van der Waals surface area contributed by atoms with Gasteiger partial charge in [0.2, 0.25) is 0 Å². The van der Waals surface area contributed by atoms with Crippen molar-refractivity contribution in [2.75, 3.05) is 21.3 Å². The van der Waals surface area contributed by atoms with Gasteiger partial charge >= 0.3 is 5.97 Å². The fourth-order valence-corrected chi connectivity index (χ4v) is 2.68. The molecule has 0 unspecified atom stereocenters. The molecule has 0 bridgehead atoms. The van der Waals surface area contributed by atoms with Crippen LogP contribution in [-0.2, 0) is 0 Å². The largest absolute Gasteiger partial charge is 0.496 e. The number of ether oxygens (including phenoxy) is 3. The molecular weight excluding hydrogens is 411 g/mol. The van der Waals surface area contributed by atoms with E-state index in [1.54, 1.807) is 26.4 Å². The Hall–Kier alpha value is -1.70. The predicted octanol–water partition coefficient (Wildman–Crippen LogP) is 4.26. The van der Waals surface area contributed by atoms with Gasteiger partial charge in [0.25, 0.3) is 0 Å². The molecule has 126 valence electrons. The molecule has 0 saturated heterocycles. The van der Waals surface area contributed by atoms with Crippen LogP contribution >= 0.6 is 22.6 Å². The van der Waals surface area contributed by atoms with Gasteiger partial charge < -0.3 is 19.3 Å². The van der Waals surface area contributed by atoms with Crippen LogP contribution in [0.2, 0.25) is 0 Å². The topological polar surface area (TPSA) is 65.0 Å². The maximum Gasteiger partial charge on any atom is 0.335 e. The third-order valence-electron chi connectivity index (χ3n) is 3.22. The second-order valence-corrected chi connectivity index (χ2v) is 6.17. The van der Waals surface area contributed by atoms with E-state index in [0.717, 1.165) is 5.56 Å². The van der Waals surface area contributed by atoms with Crippen LogP contribution in [0.15, 0.2) is 24.3 Å². The molecular formula is C17H21IO5. The number of aromatic carboxylic acids is 1. The molecule has 5 nitrogen and oxygen atoms in total. The first-order chi connectivity index (χ1) is 10.8. The number of rotatable bonds is 5. The molecule has 0 fully saturated rings. The minimum atomic E-state index is -1.03. The minimum Gasteiger partial charge on any atom is -0.496 e. The molecule has 0 amide bonds. The zero-order valence-electron chi connectivity index (χ0n) is 13.8. The van der Waals surface area contributed by atoms with Crippen LogP contribution in [0.5, 0.6) is 17.2 Å². The number of carboxylic acid groups (broad SMARTS) is 1. The van der Waals surface area contributed by atoms with Crippen molar-refractivity contribution in [3.8, 4) is 17.2 Å². The average molecular weight is 432 g/mol. The summed E-state index contributed by atoms with van der Waals surface area (Å²) >= 11 is 2.07. The molecule has 0 aromatic heterocycles. The highest BCUT2D eigenvalue weighted by molar-refractivity contribution is 14.1. The summed E-state index contributed by atoms with van der Waals surface area (Å²) in [5, 5.41) is 9.38. The zero-order chi connectivity index (χ0) is 17.6. The van der Waals surface area contributed by atoms with E-state index in [-0.39, 0.29) is 11.5 Å². The molecule has 1 rings (SSSR count). The highest BCUT2D eigenvalue weighted by Gasteiger charge is 2.13. The van der Waals surface area contributed by atoms with E-state index in [1.165, 1.54) is 19.2 Å². The standard InChI is InChI=1S/C17H21IO5/c1-10(2)12-7-6-11(17(19)20)8-14(21-3)13(18)9-15(22-4)16(12)23-5/h6-10H,1-5H3,(H,19,20). The van der Waals surface area contributed by atoms with Crippen molar-refractivity contribution in [2.45, 2.75) is 19.8 Å². The molecule has 0 atom stereocenters. The molecule has 0 radical (unpaired) electrons. The fourth-order valence-electron chi connectivity index (χ4n) is 2.02. The van der Waals surface area contributed by atoms with Gasteiger partial charge in [-0.25, -0.2) is 4.79 Å². The Bertz CT molecular complexity index is 639. The van der Waals surface area contributed by atoms with Crippen molar-refractivity contribution < 1.29 is 24.1 Å². The third-order valence-corrected chi connectivity index (χ3v) is 4.06. The highest BCUT2D eigenvalue weighted by Crippen LogP contribution is 2.35. The maximum atomic E-state index is 11.4. The average Bonchev–Trinajstić information content (AvgIpc) is 2.51. The third kappa shape index (κ3) is 4.89. The first-order valence-electron chi connectivity index (χ1n) is 6.96. The normalized spacial score (nSPS) is 10.0. The summed E-state index contributed by atoms with van der Waals surface area (Å²) in [4.78, 5) is 11.4. The molecule has 0 saturated carbocycles. The second kappa shape index (κ2) is 8.81. The van der Waals surface area contributed by atoms with Gasteiger partial charge in [0.15, 0.2) is 11.5 Å². The van der Waals surface area contributed by atoms with Crippen molar-refractivity contribution >= 4 is 28.6 Å². The first kappa shape index (κ1) is 19.3. The Balaban J connectivity index is 3.99. The lowest BCUT2D eigenvalue weighted by Gasteiger charge is -2.13. The SMILES string of the molecule is COc1cc(C(=O)O)ccc(C(C)C)c(OC)c(OC)cc1I. The van der Waals surface area contributed by atoms with E-state index in [0.29, 0.717) is 20.8 Å². The minimum absolute atomic E-state index is 0.123. The lowest BCUT2D eigenvalue weighted by Crippen LogP contribution is -1.99. The van der Waals surface area contributed by atoms with Gasteiger partial charge in [-0.1, -0.05) is 19.9 Å². The number of halogens is 1. The Kier molecular flexibility index (Phi) is 7.41.